The predicted molar refractivity (Wildman–Crippen MR) is 135 cm³/mol. The number of amides is 1. The van der Waals surface area contributed by atoms with Crippen LogP contribution < -0.4 is 15.8 Å². The van der Waals surface area contributed by atoms with Crippen molar-refractivity contribution in [2.75, 3.05) is 26.4 Å². The third kappa shape index (κ3) is 4.85. The molecule has 2 aromatic carbocycles. The number of fused-ring (bicyclic) bond motifs is 1. The number of rotatable bonds is 7. The number of nitrogens with zero attached hydrogens (tertiary/aromatic N) is 5. The van der Waals surface area contributed by atoms with Gasteiger partial charge in [0.25, 0.3) is 0 Å². The number of nitrogens with two attached hydrogens (primary N) is 1. The SMILES string of the molecule is CN(C)C/C=C1\C[C@@H](Cn2nc(-c3ccc(Oc4ccccc4)cc3)c3c(N)ncnc32)NC1=O. The molecule has 0 saturated carbocycles. The van der Waals surface area contributed by atoms with Gasteiger partial charge < -0.3 is 20.7 Å². The molecular weight excluding hydrogens is 442 g/mol. The summed E-state index contributed by atoms with van der Waals surface area (Å²) >= 11 is 0. The second-order valence-corrected chi connectivity index (χ2v) is 8.79. The van der Waals surface area contributed by atoms with Gasteiger partial charge in [-0.25, -0.2) is 14.6 Å². The van der Waals surface area contributed by atoms with Crippen LogP contribution in [0.1, 0.15) is 6.42 Å². The van der Waals surface area contributed by atoms with Crippen molar-refractivity contribution in [3.63, 3.8) is 0 Å². The first-order chi connectivity index (χ1) is 17.0. The minimum Gasteiger partial charge on any atom is -0.457 e. The lowest BCUT2D eigenvalue weighted by Crippen LogP contribution is -2.30. The molecule has 0 aliphatic carbocycles. The van der Waals surface area contributed by atoms with Crippen molar-refractivity contribution in [3.05, 3.63) is 72.6 Å². The highest BCUT2D eigenvalue weighted by atomic mass is 16.5. The first kappa shape index (κ1) is 22.5. The molecular formula is C26H27N7O2. The lowest BCUT2D eigenvalue weighted by molar-refractivity contribution is -0.116. The Hall–Kier alpha value is -4.24. The summed E-state index contributed by atoms with van der Waals surface area (Å²) in [6.07, 6.45) is 4.04. The smallest absolute Gasteiger partial charge is 0.247 e. The molecule has 0 spiro atoms. The van der Waals surface area contributed by atoms with Gasteiger partial charge in [0.05, 0.1) is 18.0 Å². The summed E-state index contributed by atoms with van der Waals surface area (Å²) in [6, 6.07) is 17.2. The maximum absolute atomic E-state index is 12.4. The zero-order valence-corrected chi connectivity index (χ0v) is 19.7. The summed E-state index contributed by atoms with van der Waals surface area (Å²) in [5, 5.41) is 8.59. The van der Waals surface area contributed by atoms with Crippen LogP contribution >= 0.6 is 0 Å². The van der Waals surface area contributed by atoms with E-state index < -0.39 is 0 Å². The minimum atomic E-state index is -0.0790. The monoisotopic (exact) mass is 469 g/mol. The Morgan fingerprint density at radius 3 is 2.60 bits per heavy atom. The van der Waals surface area contributed by atoms with Gasteiger partial charge in [-0.1, -0.05) is 24.3 Å². The van der Waals surface area contributed by atoms with Gasteiger partial charge >= 0.3 is 0 Å². The highest BCUT2D eigenvalue weighted by molar-refractivity contribution is 5.98. The van der Waals surface area contributed by atoms with E-state index in [-0.39, 0.29) is 11.9 Å². The molecule has 1 fully saturated rings. The molecule has 4 aromatic rings. The molecule has 9 nitrogen and oxygen atoms in total. The maximum Gasteiger partial charge on any atom is 0.247 e. The van der Waals surface area contributed by atoms with Crippen molar-refractivity contribution in [2.45, 2.75) is 19.0 Å². The number of para-hydroxylation sites is 1. The van der Waals surface area contributed by atoms with E-state index in [2.05, 4.69) is 15.3 Å². The van der Waals surface area contributed by atoms with Crippen LogP contribution in [-0.2, 0) is 11.3 Å². The van der Waals surface area contributed by atoms with Crippen molar-refractivity contribution in [3.8, 4) is 22.8 Å². The first-order valence-corrected chi connectivity index (χ1v) is 11.4. The number of likely N-dealkylation sites (N-methyl/N-ethyl adjacent to an activating group) is 1. The highest BCUT2D eigenvalue weighted by Gasteiger charge is 2.28. The van der Waals surface area contributed by atoms with Crippen LogP contribution in [-0.4, -0.2) is 57.2 Å². The topological polar surface area (TPSA) is 111 Å². The van der Waals surface area contributed by atoms with E-state index in [9.17, 15) is 4.79 Å². The number of ether oxygens (including phenoxy) is 1. The number of carbonyl (C=O) groups is 1. The summed E-state index contributed by atoms with van der Waals surface area (Å²) in [5.74, 6) is 1.82. The average molecular weight is 470 g/mol. The van der Waals surface area contributed by atoms with Crippen LogP contribution in [0.4, 0.5) is 5.82 Å². The van der Waals surface area contributed by atoms with E-state index in [1.54, 1.807) is 4.68 Å². The second kappa shape index (κ2) is 9.55. The number of hydrogen-bond donors (Lipinski definition) is 2. The molecule has 0 bridgehead atoms. The third-order valence-corrected chi connectivity index (χ3v) is 5.85. The normalized spacial score (nSPS) is 16.8. The Balaban J connectivity index is 1.42. The molecule has 0 radical (unpaired) electrons. The Bertz CT molecular complexity index is 1380. The highest BCUT2D eigenvalue weighted by Crippen LogP contribution is 2.32. The zero-order valence-electron chi connectivity index (χ0n) is 19.7. The number of aromatic nitrogens is 4. The van der Waals surface area contributed by atoms with E-state index in [0.29, 0.717) is 35.5 Å². The maximum atomic E-state index is 12.4. The molecule has 178 valence electrons. The number of hydrogen-bond acceptors (Lipinski definition) is 7. The van der Waals surface area contributed by atoms with E-state index in [4.69, 9.17) is 15.6 Å². The first-order valence-electron chi connectivity index (χ1n) is 11.4. The molecule has 1 aliphatic rings. The predicted octanol–water partition coefficient (Wildman–Crippen LogP) is 3.24. The van der Waals surface area contributed by atoms with Crippen molar-refractivity contribution in [1.82, 2.24) is 30.0 Å². The largest absolute Gasteiger partial charge is 0.457 e. The number of nitrogen functional groups attached to an aromatic ring is 1. The molecule has 1 atom stereocenters. The van der Waals surface area contributed by atoms with Crippen molar-refractivity contribution in [2.24, 2.45) is 0 Å². The molecule has 5 rings (SSSR count). The molecule has 1 saturated heterocycles. The Labute approximate surface area is 203 Å². The molecule has 9 heteroatoms. The van der Waals surface area contributed by atoms with E-state index >= 15 is 0 Å². The van der Waals surface area contributed by atoms with Crippen LogP contribution in [0.5, 0.6) is 11.5 Å². The second-order valence-electron chi connectivity index (χ2n) is 8.79. The van der Waals surface area contributed by atoms with Gasteiger partial charge in [0.2, 0.25) is 5.91 Å². The van der Waals surface area contributed by atoms with E-state index in [1.165, 1.54) is 6.33 Å². The average Bonchev–Trinajstić information content (AvgIpc) is 3.39. The summed E-state index contributed by atoms with van der Waals surface area (Å²) in [7, 11) is 3.95. The number of carbonyl (C=O) groups excluding carboxylic acids is 1. The van der Waals surface area contributed by atoms with E-state index in [0.717, 1.165) is 29.2 Å². The number of benzene rings is 2. The van der Waals surface area contributed by atoms with Gasteiger partial charge in [-0.2, -0.15) is 5.10 Å². The van der Waals surface area contributed by atoms with Crippen molar-refractivity contribution in [1.29, 1.82) is 0 Å². The van der Waals surface area contributed by atoms with Crippen molar-refractivity contribution >= 4 is 22.8 Å². The number of anilines is 1. The van der Waals surface area contributed by atoms with E-state index in [1.807, 2.05) is 79.7 Å². The summed E-state index contributed by atoms with van der Waals surface area (Å²) in [5.41, 5.74) is 9.24. The standard InChI is InChI=1S/C26H27N7O2/c1-32(2)13-12-18-14-19(30-26(18)34)15-33-25-22(24(27)28-16-29-25)23(31-33)17-8-10-21(11-9-17)35-20-6-4-3-5-7-20/h3-12,16,19H,13-15H2,1-2H3,(H,30,34)(H2,27,28,29)/b18-12+/t19-/m0/s1. The fraction of sp³-hybridized carbons (Fsp3) is 0.231. The van der Waals surface area contributed by atoms with Gasteiger partial charge in [-0.3, -0.25) is 4.79 Å². The molecule has 1 aliphatic heterocycles. The van der Waals surface area contributed by atoms with Crippen LogP contribution in [0, 0.1) is 0 Å². The fourth-order valence-corrected chi connectivity index (χ4v) is 4.14. The van der Waals surface area contributed by atoms with Gasteiger partial charge in [0.15, 0.2) is 5.65 Å². The molecule has 3 heterocycles. The third-order valence-electron chi connectivity index (χ3n) is 5.85. The quantitative estimate of drug-likeness (QED) is 0.400. The Kier molecular flexibility index (Phi) is 6.15. The summed E-state index contributed by atoms with van der Waals surface area (Å²) < 4.78 is 7.71. The van der Waals surface area contributed by atoms with Gasteiger partial charge in [0.1, 0.15) is 29.3 Å². The Morgan fingerprint density at radius 2 is 1.86 bits per heavy atom. The van der Waals surface area contributed by atoms with Crippen LogP contribution in [0.25, 0.3) is 22.3 Å². The van der Waals surface area contributed by atoms with Crippen molar-refractivity contribution < 1.29 is 9.53 Å². The van der Waals surface area contributed by atoms with Crippen LogP contribution in [0.15, 0.2) is 72.6 Å². The lowest BCUT2D eigenvalue weighted by Gasteiger charge is -2.10. The molecule has 1 amide bonds. The number of nitrogens with one attached hydrogen (secondary N) is 1. The molecule has 2 aromatic heterocycles. The molecule has 0 unspecified atom stereocenters. The van der Waals surface area contributed by atoms with Gasteiger partial charge in [-0.15, -0.1) is 0 Å². The van der Waals surface area contributed by atoms with Crippen LogP contribution in [0.3, 0.4) is 0 Å². The lowest BCUT2D eigenvalue weighted by atomic mass is 10.1. The molecule has 3 N–H and O–H groups in total. The zero-order chi connectivity index (χ0) is 24.4. The Morgan fingerprint density at radius 1 is 1.11 bits per heavy atom. The minimum absolute atomic E-state index is 0.0309. The summed E-state index contributed by atoms with van der Waals surface area (Å²) in [4.78, 5) is 23.1. The fourth-order valence-electron chi connectivity index (χ4n) is 4.14. The van der Waals surface area contributed by atoms with Gasteiger partial charge in [-0.05, 0) is 56.9 Å². The summed E-state index contributed by atoms with van der Waals surface area (Å²) in [6.45, 7) is 1.20. The van der Waals surface area contributed by atoms with Crippen LogP contribution in [0.2, 0.25) is 0 Å². The molecule has 35 heavy (non-hydrogen) atoms. The van der Waals surface area contributed by atoms with Gasteiger partial charge in [0, 0.05) is 17.7 Å².